The van der Waals surface area contributed by atoms with Crippen molar-refractivity contribution in [2.45, 2.75) is 56.7 Å². The van der Waals surface area contributed by atoms with Gasteiger partial charge in [0.25, 0.3) is 11.5 Å². The first kappa shape index (κ1) is 27.4. The number of benzene rings is 1. The Labute approximate surface area is 229 Å². The molecule has 2 aromatic heterocycles. The Morgan fingerprint density at radius 1 is 1.03 bits per heavy atom. The van der Waals surface area contributed by atoms with Crippen LogP contribution in [0, 0.1) is 5.82 Å². The maximum absolute atomic E-state index is 14.1. The molecule has 1 amide bonds. The second kappa shape index (κ2) is 12.3. The van der Waals surface area contributed by atoms with E-state index in [0.717, 1.165) is 30.5 Å². The Morgan fingerprint density at radius 3 is 2.41 bits per heavy atom. The predicted molar refractivity (Wildman–Crippen MR) is 148 cm³/mol. The average molecular weight is 557 g/mol. The van der Waals surface area contributed by atoms with Gasteiger partial charge in [-0.1, -0.05) is 0 Å². The number of amides is 1. The number of aromatic nitrogens is 3. The monoisotopic (exact) mass is 556 g/mol. The predicted octanol–water partition coefficient (Wildman–Crippen LogP) is 3.70. The van der Waals surface area contributed by atoms with Gasteiger partial charge in [-0.05, 0) is 80.4 Å². The summed E-state index contributed by atoms with van der Waals surface area (Å²) in [5.74, 6) is 1.73. The number of nitrogens with zero attached hydrogens (tertiary/aromatic N) is 3. The van der Waals surface area contributed by atoms with Gasteiger partial charge < -0.3 is 14.8 Å². The summed E-state index contributed by atoms with van der Waals surface area (Å²) in [6, 6.07) is 7.67. The first-order valence-electron chi connectivity index (χ1n) is 13.4. The lowest BCUT2D eigenvalue weighted by Gasteiger charge is -2.31. The fourth-order valence-electron chi connectivity index (χ4n) is 5.49. The van der Waals surface area contributed by atoms with Crippen LogP contribution in [0.2, 0.25) is 0 Å². The molecule has 1 N–H and O–H groups in total. The highest BCUT2D eigenvalue weighted by molar-refractivity contribution is 7.99. The quantitative estimate of drug-likeness (QED) is 0.422. The maximum atomic E-state index is 14.1. The molecule has 1 aliphatic carbocycles. The average Bonchev–Trinajstić information content (AvgIpc) is 2.95. The Hall–Kier alpha value is -3.18. The van der Waals surface area contributed by atoms with Crippen molar-refractivity contribution in [1.29, 1.82) is 0 Å². The molecular weight excluding hydrogens is 523 g/mol. The molecule has 1 aliphatic heterocycles. The van der Waals surface area contributed by atoms with E-state index in [2.05, 4.69) is 10.3 Å². The minimum atomic E-state index is -0.600. The van der Waals surface area contributed by atoms with Gasteiger partial charge in [0.15, 0.2) is 0 Å². The van der Waals surface area contributed by atoms with Crippen LogP contribution in [0.25, 0.3) is 11.0 Å². The Morgan fingerprint density at radius 2 is 1.72 bits per heavy atom. The number of carbonyl (C=O) groups excluding carboxylic acids is 1. The van der Waals surface area contributed by atoms with Crippen molar-refractivity contribution in [2.75, 3.05) is 31.8 Å². The molecule has 9 nitrogen and oxygen atoms in total. The van der Waals surface area contributed by atoms with Gasteiger partial charge in [-0.25, -0.2) is 14.2 Å². The zero-order chi connectivity index (χ0) is 27.4. The smallest absolute Gasteiger partial charge is 0.333 e. The maximum Gasteiger partial charge on any atom is 0.333 e. The van der Waals surface area contributed by atoms with Crippen LogP contribution in [0.1, 0.15) is 61.0 Å². The van der Waals surface area contributed by atoms with Crippen LogP contribution in [-0.2, 0) is 4.74 Å². The summed E-state index contributed by atoms with van der Waals surface area (Å²) in [6.45, 7) is 0.916. The standard InChI is InChI=1S/C28H33FN4O5S/c1-37-12-13-38-23-8-2-18(3-9-23)26(34)31-20-4-6-21(7-5-20)33-27(35)24-16-19(29)17-30-25(24)32(28(33)36)22-10-14-39-15-11-22/h2-3,8-9,16-17,20-22H,4-7,10-15H2,1H3,(H,31,34)/t20-,21+. The van der Waals surface area contributed by atoms with Crippen molar-refractivity contribution in [3.05, 3.63) is 68.7 Å². The second-order valence-electron chi connectivity index (χ2n) is 10.0. The van der Waals surface area contributed by atoms with Crippen molar-refractivity contribution in [3.63, 3.8) is 0 Å². The minimum absolute atomic E-state index is 0.0701. The number of halogens is 1. The van der Waals surface area contributed by atoms with E-state index in [0.29, 0.717) is 50.2 Å². The number of methoxy groups -OCH3 is 1. The van der Waals surface area contributed by atoms with Crippen molar-refractivity contribution < 1.29 is 18.7 Å². The summed E-state index contributed by atoms with van der Waals surface area (Å²) in [6.07, 6.45) is 5.03. The molecule has 0 bridgehead atoms. The molecule has 1 aromatic carbocycles. The fourth-order valence-corrected chi connectivity index (χ4v) is 6.57. The number of ether oxygens (including phenoxy) is 2. The van der Waals surface area contributed by atoms with E-state index in [9.17, 15) is 18.8 Å². The van der Waals surface area contributed by atoms with E-state index in [1.807, 2.05) is 11.8 Å². The summed E-state index contributed by atoms with van der Waals surface area (Å²) < 4.78 is 27.6. The summed E-state index contributed by atoms with van der Waals surface area (Å²) in [4.78, 5) is 44.2. The molecule has 11 heteroatoms. The van der Waals surface area contributed by atoms with Crippen LogP contribution in [0.4, 0.5) is 4.39 Å². The largest absolute Gasteiger partial charge is 0.491 e. The number of rotatable bonds is 8. The highest BCUT2D eigenvalue weighted by atomic mass is 32.2. The zero-order valence-electron chi connectivity index (χ0n) is 21.9. The summed E-state index contributed by atoms with van der Waals surface area (Å²) in [7, 11) is 1.61. The molecule has 2 aliphatic rings. The van der Waals surface area contributed by atoms with Gasteiger partial charge in [0.1, 0.15) is 23.8 Å². The molecule has 1 saturated carbocycles. The molecule has 5 rings (SSSR count). The van der Waals surface area contributed by atoms with Crippen LogP contribution in [0.15, 0.2) is 46.1 Å². The molecule has 0 spiro atoms. The molecule has 1 saturated heterocycles. The number of carbonyl (C=O) groups is 1. The normalized spacial score (nSPS) is 20.2. The number of nitrogens with one attached hydrogen (secondary N) is 1. The van der Waals surface area contributed by atoms with Gasteiger partial charge in [0.05, 0.1) is 18.2 Å². The summed E-state index contributed by atoms with van der Waals surface area (Å²) >= 11 is 1.84. The van der Waals surface area contributed by atoms with Gasteiger partial charge in [0.2, 0.25) is 0 Å². The fraction of sp³-hybridized carbons (Fsp3) is 0.500. The van der Waals surface area contributed by atoms with E-state index in [-0.39, 0.29) is 40.8 Å². The molecular formula is C28H33FN4O5S. The molecule has 0 atom stereocenters. The Kier molecular flexibility index (Phi) is 8.66. The number of pyridine rings is 1. The van der Waals surface area contributed by atoms with Crippen molar-refractivity contribution in [3.8, 4) is 5.75 Å². The molecule has 39 heavy (non-hydrogen) atoms. The van der Waals surface area contributed by atoms with Gasteiger partial charge in [0, 0.05) is 30.8 Å². The molecule has 3 aromatic rings. The van der Waals surface area contributed by atoms with E-state index >= 15 is 0 Å². The molecule has 3 heterocycles. The Bertz CT molecular complexity index is 1430. The van der Waals surface area contributed by atoms with Gasteiger partial charge in [-0.3, -0.25) is 18.7 Å². The van der Waals surface area contributed by atoms with Crippen LogP contribution in [-0.4, -0.2) is 57.9 Å². The third-order valence-corrected chi connectivity index (χ3v) is 8.60. The van der Waals surface area contributed by atoms with Crippen molar-refractivity contribution in [1.82, 2.24) is 19.4 Å². The highest BCUT2D eigenvalue weighted by Crippen LogP contribution is 2.30. The third kappa shape index (κ3) is 6.04. The number of fused-ring (bicyclic) bond motifs is 1. The Balaban J connectivity index is 1.30. The van der Waals surface area contributed by atoms with Crippen LogP contribution < -0.4 is 21.3 Å². The molecule has 2 fully saturated rings. The van der Waals surface area contributed by atoms with E-state index in [1.54, 1.807) is 35.9 Å². The molecule has 0 unspecified atom stereocenters. The molecule has 0 radical (unpaired) electrons. The SMILES string of the molecule is COCCOc1ccc(C(=O)N[C@H]2CC[C@@H](n3c(=O)c4cc(F)cnc4n(C4CCSCC4)c3=O)CC2)cc1. The summed E-state index contributed by atoms with van der Waals surface area (Å²) in [5, 5.41) is 3.21. The van der Waals surface area contributed by atoms with E-state index in [4.69, 9.17) is 9.47 Å². The topological polar surface area (TPSA) is 104 Å². The number of thioether (sulfide) groups is 1. The van der Waals surface area contributed by atoms with Crippen LogP contribution >= 0.6 is 11.8 Å². The first-order chi connectivity index (χ1) is 19.0. The second-order valence-corrected chi connectivity index (χ2v) is 11.3. The number of hydrogen-bond donors (Lipinski definition) is 1. The lowest BCUT2D eigenvalue weighted by atomic mass is 9.90. The summed E-state index contributed by atoms with van der Waals surface area (Å²) in [5.41, 5.74) is -0.0758. The van der Waals surface area contributed by atoms with Crippen LogP contribution in [0.3, 0.4) is 0 Å². The third-order valence-electron chi connectivity index (χ3n) is 7.55. The van der Waals surface area contributed by atoms with E-state index < -0.39 is 11.4 Å². The van der Waals surface area contributed by atoms with Gasteiger partial charge >= 0.3 is 5.69 Å². The van der Waals surface area contributed by atoms with E-state index in [1.165, 1.54) is 10.6 Å². The highest BCUT2D eigenvalue weighted by Gasteiger charge is 2.29. The van der Waals surface area contributed by atoms with Crippen LogP contribution in [0.5, 0.6) is 5.75 Å². The first-order valence-corrected chi connectivity index (χ1v) is 14.5. The minimum Gasteiger partial charge on any atom is -0.491 e. The van der Waals surface area contributed by atoms with Gasteiger partial charge in [-0.2, -0.15) is 11.8 Å². The van der Waals surface area contributed by atoms with Crippen molar-refractivity contribution in [2.24, 2.45) is 0 Å². The van der Waals surface area contributed by atoms with Crippen molar-refractivity contribution >= 4 is 28.7 Å². The number of hydrogen-bond acceptors (Lipinski definition) is 7. The zero-order valence-corrected chi connectivity index (χ0v) is 22.8. The lowest BCUT2D eigenvalue weighted by molar-refractivity contribution is 0.0921. The van der Waals surface area contributed by atoms with Gasteiger partial charge in [-0.15, -0.1) is 0 Å². The lowest BCUT2D eigenvalue weighted by Crippen LogP contribution is -2.46. The molecule has 208 valence electrons.